The number of rotatable bonds is 9. The molecule has 2 heterocycles. The van der Waals surface area contributed by atoms with Crippen molar-refractivity contribution < 1.29 is 4.84 Å². The molecule has 1 aromatic rings. The highest BCUT2D eigenvalue weighted by molar-refractivity contribution is 6.33. The number of hydrogen-bond donors (Lipinski definition) is 2. The fraction of sp³-hybridized carbons (Fsp3) is 0.656. The van der Waals surface area contributed by atoms with Gasteiger partial charge in [0.05, 0.1) is 28.4 Å². The summed E-state index contributed by atoms with van der Waals surface area (Å²) in [4.78, 5) is 16.0. The minimum atomic E-state index is -0.0794. The number of halogens is 1. The largest absolute Gasteiger partial charge is 0.377 e. The van der Waals surface area contributed by atoms with Gasteiger partial charge < -0.3 is 5.32 Å². The summed E-state index contributed by atoms with van der Waals surface area (Å²) >= 11 is 6.51. The summed E-state index contributed by atoms with van der Waals surface area (Å²) < 4.78 is 0. The van der Waals surface area contributed by atoms with Crippen LogP contribution in [0.3, 0.4) is 0 Å². The summed E-state index contributed by atoms with van der Waals surface area (Å²) in [6.07, 6.45) is 9.95. The number of nitriles is 1. The Morgan fingerprint density at radius 2 is 2.00 bits per heavy atom. The average Bonchev–Trinajstić information content (AvgIpc) is 3.35. The summed E-state index contributed by atoms with van der Waals surface area (Å²) in [6, 6.07) is 7.74. The van der Waals surface area contributed by atoms with E-state index in [0.29, 0.717) is 46.1 Å². The third-order valence-corrected chi connectivity index (χ3v) is 9.50. The van der Waals surface area contributed by atoms with Crippen LogP contribution in [-0.4, -0.2) is 24.3 Å². The zero-order valence-corrected chi connectivity index (χ0v) is 25.3. The molecule has 7 heteroatoms. The van der Waals surface area contributed by atoms with Gasteiger partial charge >= 0.3 is 0 Å². The van der Waals surface area contributed by atoms with Gasteiger partial charge in [0.2, 0.25) is 0 Å². The Hall–Kier alpha value is -2.36. The number of hydrogen-bond acceptors (Lipinski definition) is 6. The molecule has 0 radical (unpaired) electrons. The maximum atomic E-state index is 9.19. The van der Waals surface area contributed by atoms with Gasteiger partial charge in [0.1, 0.15) is 5.84 Å². The molecule has 7 atom stereocenters. The van der Waals surface area contributed by atoms with Gasteiger partial charge in [-0.15, -0.1) is 0 Å². The van der Waals surface area contributed by atoms with Crippen molar-refractivity contribution in [3.63, 3.8) is 0 Å². The van der Waals surface area contributed by atoms with E-state index in [9.17, 15) is 5.26 Å². The number of hydroxylamine groups is 1. The molecule has 1 saturated carbocycles. The van der Waals surface area contributed by atoms with E-state index >= 15 is 0 Å². The summed E-state index contributed by atoms with van der Waals surface area (Å²) in [5, 5.41) is 13.4. The quantitative estimate of drug-likeness (QED) is 0.303. The molecule has 3 aliphatic rings. The van der Waals surface area contributed by atoms with E-state index in [0.717, 1.165) is 24.4 Å². The number of benzene rings is 1. The fourth-order valence-corrected chi connectivity index (χ4v) is 7.11. The maximum absolute atomic E-state index is 9.19. The lowest BCUT2D eigenvalue weighted by molar-refractivity contribution is -0.0115. The molecule has 2 N–H and O–H groups in total. The van der Waals surface area contributed by atoms with Gasteiger partial charge in [0.25, 0.3) is 0 Å². The van der Waals surface area contributed by atoms with Crippen LogP contribution in [0, 0.1) is 46.8 Å². The van der Waals surface area contributed by atoms with Gasteiger partial charge in [-0.2, -0.15) is 5.26 Å². The molecule has 0 spiro atoms. The molecule has 0 aromatic heterocycles. The van der Waals surface area contributed by atoms with Crippen molar-refractivity contribution in [1.82, 2.24) is 5.48 Å². The molecule has 7 unspecified atom stereocenters. The Bertz CT molecular complexity index is 1140. The zero-order valence-electron chi connectivity index (χ0n) is 24.5. The Kier molecular flexibility index (Phi) is 10.1. The van der Waals surface area contributed by atoms with E-state index in [1.54, 1.807) is 6.07 Å². The Labute approximate surface area is 240 Å². The molecule has 0 amide bonds. The van der Waals surface area contributed by atoms with Crippen molar-refractivity contribution in [2.24, 2.45) is 45.5 Å². The van der Waals surface area contributed by atoms with E-state index in [4.69, 9.17) is 26.4 Å². The molecular formula is C32H46ClN5O. The number of nitrogens with zero attached hydrogens (tertiary/aromatic N) is 3. The minimum Gasteiger partial charge on any atom is -0.377 e. The lowest BCUT2D eigenvalue weighted by atomic mass is 9.72. The van der Waals surface area contributed by atoms with Crippen LogP contribution in [0.15, 0.2) is 39.5 Å². The monoisotopic (exact) mass is 551 g/mol. The highest BCUT2D eigenvalue weighted by atomic mass is 35.5. The van der Waals surface area contributed by atoms with Crippen LogP contribution in [0.2, 0.25) is 5.02 Å². The topological polar surface area (TPSA) is 81.8 Å². The van der Waals surface area contributed by atoms with Gasteiger partial charge in [0, 0.05) is 36.1 Å². The van der Waals surface area contributed by atoms with Gasteiger partial charge in [-0.25, -0.2) is 9.83 Å². The van der Waals surface area contributed by atoms with E-state index in [2.05, 4.69) is 64.6 Å². The van der Waals surface area contributed by atoms with Crippen LogP contribution >= 0.6 is 11.6 Å². The normalized spacial score (nSPS) is 30.0. The predicted molar refractivity (Wildman–Crippen MR) is 162 cm³/mol. The lowest BCUT2D eigenvalue weighted by Gasteiger charge is -2.35. The molecule has 212 valence electrons. The van der Waals surface area contributed by atoms with Crippen LogP contribution in [-0.2, 0) is 4.84 Å². The first-order valence-electron chi connectivity index (χ1n) is 14.9. The van der Waals surface area contributed by atoms with Crippen LogP contribution in [0.5, 0.6) is 0 Å². The van der Waals surface area contributed by atoms with E-state index < -0.39 is 0 Å². The molecule has 1 aromatic carbocycles. The maximum Gasteiger partial charge on any atom is 0.179 e. The Morgan fingerprint density at radius 3 is 2.64 bits per heavy atom. The summed E-state index contributed by atoms with van der Waals surface area (Å²) in [6.45, 7) is 13.6. The van der Waals surface area contributed by atoms with Crippen molar-refractivity contribution >= 4 is 29.3 Å². The van der Waals surface area contributed by atoms with Gasteiger partial charge in [0.15, 0.2) is 6.23 Å². The second-order valence-electron chi connectivity index (χ2n) is 12.1. The standard InChI is InChI=1S/C32H46ClN5O/c1-7-9-24-17-25(32-37-31(19(3)4)38-39-32)14-22(8-2)15-26(24)20(5)30-21(6)28(12-13-35-30)36-29-11-10-23(18-34)16-27(29)33/h10-11,13,16,19-20,22,24-26,28,32,36H,7-9,12,14-15,17H2,1-6H3,(H,37,38). The predicted octanol–water partition coefficient (Wildman–Crippen LogP) is 8.15. The highest BCUT2D eigenvalue weighted by Gasteiger charge is 2.40. The van der Waals surface area contributed by atoms with Gasteiger partial charge in [-0.3, -0.25) is 10.5 Å². The first kappa shape index (κ1) is 29.6. The van der Waals surface area contributed by atoms with E-state index in [-0.39, 0.29) is 12.3 Å². The van der Waals surface area contributed by atoms with Gasteiger partial charge in [-0.05, 0) is 67.7 Å². The fourth-order valence-electron chi connectivity index (χ4n) is 6.87. The number of anilines is 1. The molecule has 1 fully saturated rings. The molecular weight excluding hydrogens is 506 g/mol. The SMILES string of the molecule is CCCC1CC(C2N=C(C(C)C)NO2)CC(CC)CC1C(C)C1=C(C)C(Nc2ccc(C#N)cc2Cl)CC=N1. The Morgan fingerprint density at radius 1 is 1.21 bits per heavy atom. The third-order valence-electron chi connectivity index (χ3n) is 9.19. The van der Waals surface area contributed by atoms with Crippen LogP contribution in [0.1, 0.15) is 92.1 Å². The van der Waals surface area contributed by atoms with Crippen LogP contribution in [0.4, 0.5) is 5.69 Å². The second kappa shape index (κ2) is 13.3. The molecule has 0 bridgehead atoms. The highest BCUT2D eigenvalue weighted by Crippen LogP contribution is 2.47. The molecule has 2 aliphatic heterocycles. The van der Waals surface area contributed by atoms with Gasteiger partial charge in [-0.1, -0.05) is 65.5 Å². The number of allylic oxidation sites excluding steroid dienone is 1. The lowest BCUT2D eigenvalue weighted by Crippen LogP contribution is -2.30. The van der Waals surface area contributed by atoms with Crippen molar-refractivity contribution in [1.29, 1.82) is 5.26 Å². The third kappa shape index (κ3) is 6.87. The minimum absolute atomic E-state index is 0.0794. The van der Waals surface area contributed by atoms with Crippen molar-refractivity contribution in [2.45, 2.75) is 98.8 Å². The van der Waals surface area contributed by atoms with Crippen LogP contribution in [0.25, 0.3) is 0 Å². The van der Waals surface area contributed by atoms with Crippen molar-refractivity contribution in [3.8, 4) is 6.07 Å². The molecule has 1 aliphatic carbocycles. The van der Waals surface area contributed by atoms with Crippen molar-refractivity contribution in [3.05, 3.63) is 40.1 Å². The first-order chi connectivity index (χ1) is 18.7. The first-order valence-corrected chi connectivity index (χ1v) is 15.3. The smallest absolute Gasteiger partial charge is 0.179 e. The molecule has 0 saturated heterocycles. The van der Waals surface area contributed by atoms with E-state index in [1.807, 2.05) is 12.1 Å². The Balaban J connectivity index is 1.57. The summed E-state index contributed by atoms with van der Waals surface area (Å²) in [7, 11) is 0. The van der Waals surface area contributed by atoms with Crippen LogP contribution < -0.4 is 10.8 Å². The average molecular weight is 552 g/mol. The number of nitrogens with one attached hydrogen (secondary N) is 2. The van der Waals surface area contributed by atoms with E-state index in [1.165, 1.54) is 43.4 Å². The summed E-state index contributed by atoms with van der Waals surface area (Å²) in [5.74, 6) is 3.97. The summed E-state index contributed by atoms with van der Waals surface area (Å²) in [5.41, 5.74) is 7.07. The number of aliphatic imine (C=N–C) groups is 2. The molecule has 39 heavy (non-hydrogen) atoms. The zero-order chi connectivity index (χ0) is 28.1. The second-order valence-corrected chi connectivity index (χ2v) is 12.5. The van der Waals surface area contributed by atoms with Crippen molar-refractivity contribution in [2.75, 3.05) is 5.32 Å². The number of amidine groups is 1. The molecule has 6 nitrogen and oxygen atoms in total. The molecule has 4 rings (SSSR count).